The summed E-state index contributed by atoms with van der Waals surface area (Å²) < 4.78 is 0. The van der Waals surface area contributed by atoms with Gasteiger partial charge < -0.3 is 9.80 Å². The molecule has 0 atom stereocenters. The van der Waals surface area contributed by atoms with Crippen molar-refractivity contribution in [3.05, 3.63) is 301 Å². The molecule has 1 spiro atoms. The number of rotatable bonds is 9. The smallest absolute Gasteiger partial charge is 0.0725 e. The SMILES string of the molecule is c1ccc(-c2ccc(N(c3ccccc3)c3ccc(N(c4ccccc4)c4ccc(-c5ccccc5)cc4)c(-c4cccc5c4-c4ccccc4C54c5ccccc5-c5ccccc54)c3)cc2)cc1. The molecule has 2 aliphatic rings. The summed E-state index contributed by atoms with van der Waals surface area (Å²) in [5.41, 5.74) is 23.5. The third-order valence-electron chi connectivity index (χ3n) is 14.3. The molecule has 0 heterocycles. The Morgan fingerprint density at radius 1 is 0.217 bits per heavy atom. The molecule has 0 amide bonds. The molecule has 324 valence electrons. The Balaban J connectivity index is 1.08. The van der Waals surface area contributed by atoms with Crippen molar-refractivity contribution in [2.24, 2.45) is 0 Å². The van der Waals surface area contributed by atoms with E-state index in [1.807, 2.05) is 0 Å². The molecule has 0 radical (unpaired) electrons. The van der Waals surface area contributed by atoms with Crippen LogP contribution in [0.5, 0.6) is 0 Å². The van der Waals surface area contributed by atoms with Crippen molar-refractivity contribution in [3.63, 3.8) is 0 Å². The number of hydrogen-bond acceptors (Lipinski definition) is 2. The first kappa shape index (κ1) is 40.3. The van der Waals surface area contributed by atoms with Crippen LogP contribution in [0.4, 0.5) is 34.1 Å². The van der Waals surface area contributed by atoms with Crippen molar-refractivity contribution in [3.8, 4) is 55.6 Å². The summed E-state index contributed by atoms with van der Waals surface area (Å²) in [6, 6.07) is 102. The van der Waals surface area contributed by atoms with E-state index in [2.05, 4.69) is 289 Å². The van der Waals surface area contributed by atoms with Crippen LogP contribution in [0, 0.1) is 0 Å². The molecule has 0 saturated carbocycles. The van der Waals surface area contributed by atoms with E-state index in [9.17, 15) is 0 Å². The zero-order valence-corrected chi connectivity index (χ0v) is 38.0. The Kier molecular flexibility index (Phi) is 9.77. The lowest BCUT2D eigenvalue weighted by Crippen LogP contribution is -2.25. The van der Waals surface area contributed by atoms with Gasteiger partial charge in [-0.2, -0.15) is 0 Å². The lowest BCUT2D eigenvalue weighted by Gasteiger charge is -2.32. The van der Waals surface area contributed by atoms with E-state index in [0.717, 1.165) is 39.7 Å². The number of para-hydroxylation sites is 2. The van der Waals surface area contributed by atoms with Crippen molar-refractivity contribution in [1.29, 1.82) is 0 Å². The van der Waals surface area contributed by atoms with Gasteiger partial charge in [0.05, 0.1) is 11.1 Å². The van der Waals surface area contributed by atoms with Crippen molar-refractivity contribution < 1.29 is 0 Å². The van der Waals surface area contributed by atoms with Gasteiger partial charge in [0.15, 0.2) is 0 Å². The van der Waals surface area contributed by atoms with Gasteiger partial charge in [-0.05, 0) is 139 Å². The zero-order valence-electron chi connectivity index (χ0n) is 38.0. The number of fused-ring (bicyclic) bond motifs is 10. The fourth-order valence-corrected chi connectivity index (χ4v) is 11.3. The Bertz CT molecular complexity index is 3590. The Labute approximate surface area is 404 Å². The molecule has 11 aromatic rings. The average molecular weight is 879 g/mol. The van der Waals surface area contributed by atoms with Crippen LogP contribution in [0.2, 0.25) is 0 Å². The van der Waals surface area contributed by atoms with Gasteiger partial charge in [-0.25, -0.2) is 0 Å². The maximum Gasteiger partial charge on any atom is 0.0725 e. The second kappa shape index (κ2) is 16.7. The molecule has 0 aromatic heterocycles. The monoisotopic (exact) mass is 878 g/mol. The summed E-state index contributed by atoms with van der Waals surface area (Å²) in [6.45, 7) is 0. The quantitative estimate of drug-likeness (QED) is 0.143. The lowest BCUT2D eigenvalue weighted by atomic mass is 9.70. The predicted molar refractivity (Wildman–Crippen MR) is 288 cm³/mol. The van der Waals surface area contributed by atoms with Crippen LogP contribution >= 0.6 is 0 Å². The van der Waals surface area contributed by atoms with Crippen LogP contribution in [0.1, 0.15) is 22.3 Å². The normalized spacial score (nSPS) is 12.5. The maximum absolute atomic E-state index is 2.44. The summed E-state index contributed by atoms with van der Waals surface area (Å²) in [5, 5.41) is 0. The number of hydrogen-bond donors (Lipinski definition) is 0. The molecule has 0 N–H and O–H groups in total. The highest BCUT2D eigenvalue weighted by atomic mass is 15.2. The molecule has 69 heavy (non-hydrogen) atoms. The van der Waals surface area contributed by atoms with Crippen molar-refractivity contribution in [2.75, 3.05) is 9.80 Å². The molecule has 2 nitrogen and oxygen atoms in total. The predicted octanol–water partition coefficient (Wildman–Crippen LogP) is 18.0. The molecule has 0 unspecified atom stereocenters. The van der Waals surface area contributed by atoms with Crippen LogP contribution in [0.3, 0.4) is 0 Å². The Morgan fingerprint density at radius 2 is 0.580 bits per heavy atom. The van der Waals surface area contributed by atoms with Gasteiger partial charge in [-0.3, -0.25) is 0 Å². The third kappa shape index (κ3) is 6.56. The van der Waals surface area contributed by atoms with Gasteiger partial charge in [0.2, 0.25) is 0 Å². The highest BCUT2D eigenvalue weighted by molar-refractivity contribution is 6.03. The zero-order chi connectivity index (χ0) is 45.7. The number of nitrogens with zero attached hydrogens (tertiary/aromatic N) is 2. The minimum Gasteiger partial charge on any atom is -0.310 e. The van der Waals surface area contributed by atoms with Crippen LogP contribution < -0.4 is 9.80 Å². The lowest BCUT2D eigenvalue weighted by molar-refractivity contribution is 0.794. The molecule has 2 aliphatic carbocycles. The molecular formula is C67H46N2. The topological polar surface area (TPSA) is 6.48 Å². The molecule has 0 aliphatic heterocycles. The summed E-state index contributed by atoms with van der Waals surface area (Å²) in [5.74, 6) is 0. The molecule has 0 fully saturated rings. The van der Waals surface area contributed by atoms with Gasteiger partial charge in [0.1, 0.15) is 0 Å². The Morgan fingerprint density at radius 3 is 1.12 bits per heavy atom. The minimum atomic E-state index is -0.476. The number of benzene rings is 11. The fraction of sp³-hybridized carbons (Fsp3) is 0.0149. The van der Waals surface area contributed by atoms with Crippen molar-refractivity contribution in [1.82, 2.24) is 0 Å². The summed E-state index contributed by atoms with van der Waals surface area (Å²) in [4.78, 5) is 4.83. The summed E-state index contributed by atoms with van der Waals surface area (Å²) in [6.07, 6.45) is 0. The van der Waals surface area contributed by atoms with E-state index in [0.29, 0.717) is 0 Å². The van der Waals surface area contributed by atoms with E-state index >= 15 is 0 Å². The van der Waals surface area contributed by atoms with Crippen molar-refractivity contribution in [2.45, 2.75) is 5.41 Å². The van der Waals surface area contributed by atoms with Gasteiger partial charge >= 0.3 is 0 Å². The van der Waals surface area contributed by atoms with Crippen molar-refractivity contribution >= 4 is 34.1 Å². The highest BCUT2D eigenvalue weighted by Crippen LogP contribution is 2.64. The fourth-order valence-electron chi connectivity index (χ4n) is 11.3. The van der Waals surface area contributed by atoms with Crippen LogP contribution in [-0.2, 0) is 5.41 Å². The average Bonchev–Trinajstić information content (AvgIpc) is 3.91. The highest BCUT2D eigenvalue weighted by Gasteiger charge is 2.52. The molecule has 11 aromatic carbocycles. The first-order valence-corrected chi connectivity index (χ1v) is 23.8. The van der Waals surface area contributed by atoms with Gasteiger partial charge in [-0.15, -0.1) is 0 Å². The van der Waals surface area contributed by atoms with E-state index in [-0.39, 0.29) is 0 Å². The molecule has 0 bridgehead atoms. The van der Waals surface area contributed by atoms with Gasteiger partial charge in [0, 0.05) is 34.0 Å². The summed E-state index contributed by atoms with van der Waals surface area (Å²) >= 11 is 0. The molecule has 13 rings (SSSR count). The standard InChI is InChI=1S/C67H46N2/c1-5-20-47(21-6-1)49-36-40-53(41-37-49)68(51-24-9-3-10-25-51)55-44-45-65(69(52-26-11-4-12-27-52)54-42-38-50(39-43-54)48-22-7-2-8-23-48)60(46-55)58-31-19-35-64-66(58)59-30-15-18-34-63(59)67(64)61-32-16-13-28-56(61)57-29-14-17-33-62(57)67/h1-46H. The maximum atomic E-state index is 2.44. The second-order valence-corrected chi connectivity index (χ2v) is 18.0. The second-order valence-electron chi connectivity index (χ2n) is 18.0. The third-order valence-corrected chi connectivity index (χ3v) is 14.3. The van der Waals surface area contributed by atoms with Gasteiger partial charge in [0.25, 0.3) is 0 Å². The summed E-state index contributed by atoms with van der Waals surface area (Å²) in [7, 11) is 0. The van der Waals surface area contributed by atoms with Crippen LogP contribution in [0.25, 0.3) is 55.6 Å². The number of anilines is 6. The molecule has 2 heteroatoms. The molecule has 0 saturated heterocycles. The van der Waals surface area contributed by atoms with Crippen LogP contribution in [-0.4, -0.2) is 0 Å². The van der Waals surface area contributed by atoms with Gasteiger partial charge in [-0.1, -0.05) is 212 Å². The molecular weight excluding hydrogens is 833 g/mol. The van der Waals surface area contributed by atoms with E-state index < -0.39 is 5.41 Å². The van der Waals surface area contributed by atoms with E-state index in [1.54, 1.807) is 0 Å². The van der Waals surface area contributed by atoms with E-state index in [4.69, 9.17) is 0 Å². The largest absolute Gasteiger partial charge is 0.310 e. The minimum absolute atomic E-state index is 0.476. The van der Waals surface area contributed by atoms with Crippen LogP contribution in [0.15, 0.2) is 279 Å². The first-order valence-electron chi connectivity index (χ1n) is 23.8. The van der Waals surface area contributed by atoms with E-state index in [1.165, 1.54) is 72.3 Å². The Hall–Kier alpha value is -8.98. The first-order chi connectivity index (χ1) is 34.3.